The van der Waals surface area contributed by atoms with Crippen molar-refractivity contribution in [1.29, 1.82) is 0 Å². The van der Waals surface area contributed by atoms with Crippen LogP contribution < -0.4 is 0 Å². The summed E-state index contributed by atoms with van der Waals surface area (Å²) < 4.78 is 30.8. The van der Waals surface area contributed by atoms with E-state index in [2.05, 4.69) is 20.8 Å². The summed E-state index contributed by atoms with van der Waals surface area (Å²) in [7, 11) is 0. The number of rotatable bonds is 6. The summed E-state index contributed by atoms with van der Waals surface area (Å²) in [6.45, 7) is 27.3. The third-order valence-corrected chi connectivity index (χ3v) is 21.7. The van der Waals surface area contributed by atoms with Crippen LogP contribution in [0.2, 0.25) is 0 Å². The molecule has 0 spiro atoms. The fraction of sp³-hybridized carbons (Fsp3) is 0.689. The Kier molecular flexibility index (Phi) is 13.8. The number of hydrogen-bond acceptors (Lipinski definition) is 14. The number of allylic oxidation sites excluding steroid dienone is 2. The van der Waals surface area contributed by atoms with Gasteiger partial charge in [0, 0.05) is 59.2 Å². The number of esters is 3. The molecule has 412 valence electrons. The number of aliphatic hydroxyl groups is 6. The van der Waals surface area contributed by atoms with Gasteiger partial charge in [0.1, 0.15) is 23.9 Å². The predicted octanol–water partition coefficient (Wildman–Crippen LogP) is 7.55. The molecule has 14 nitrogen and oxygen atoms in total. The standard InChI is InChI=1S/C31H42O8.C30H42O6/c1-16-14-31(36)26(38-27(35)20-11-9-8-10-12-20)24-29(7,25(34)18(3)23(17(16)2)28(31,5)6)21(33)13-22-30(24,15-37-22)39-19(4)32;1-16-14-30(27(4,5)34)22(17(16)2)18(3)24(32)29(7)20(31)13-21-28(6,15-35-21)23(29)25(30)36-26(33)19-11-9-8-10-12-19/h8-12,16,18,21-22,24-26,33-34,36H,13-15H2,1-7H3;8-12,16,18,20-21,23-25,31-32,34H,13-15H2,1-7H3/t16-,18+,21-,22+,24-,25-,26-,29+,30-,31+;16-,18+,20-,21+,23+,24-,25-,28+,29+,30-/m00/s1. The van der Waals surface area contributed by atoms with Crippen molar-refractivity contribution in [3.05, 3.63) is 94.1 Å². The van der Waals surface area contributed by atoms with E-state index in [-0.39, 0.29) is 43.3 Å². The van der Waals surface area contributed by atoms with E-state index in [1.807, 2.05) is 54.5 Å². The van der Waals surface area contributed by atoms with Crippen LogP contribution in [0.25, 0.3) is 0 Å². The second-order valence-corrected chi connectivity index (χ2v) is 26.2. The van der Waals surface area contributed by atoms with Crippen LogP contribution in [0.1, 0.15) is 143 Å². The average molecular weight is 1040 g/mol. The Morgan fingerprint density at radius 1 is 0.640 bits per heavy atom. The van der Waals surface area contributed by atoms with Crippen LogP contribution in [0.15, 0.2) is 83.0 Å². The van der Waals surface area contributed by atoms with Crippen LogP contribution in [-0.4, -0.2) is 127 Å². The zero-order chi connectivity index (χ0) is 55.1. The van der Waals surface area contributed by atoms with Crippen molar-refractivity contribution in [2.24, 2.45) is 62.6 Å². The van der Waals surface area contributed by atoms with Crippen molar-refractivity contribution in [3.63, 3.8) is 0 Å². The minimum Gasteiger partial charge on any atom is -0.457 e. The fourth-order valence-corrected chi connectivity index (χ4v) is 17.4. The summed E-state index contributed by atoms with van der Waals surface area (Å²) in [5, 5.41) is 72.5. The molecule has 2 aromatic rings. The monoisotopic (exact) mass is 1040 g/mol. The van der Waals surface area contributed by atoms with E-state index in [1.54, 1.807) is 75.4 Å². The molecular formula is C61H84O14. The highest BCUT2D eigenvalue weighted by Gasteiger charge is 2.78. The molecule has 8 aliphatic rings. The Hall–Kier alpha value is -3.99. The molecule has 6 N–H and O–H groups in total. The highest BCUT2D eigenvalue weighted by Crippen LogP contribution is 2.71. The highest BCUT2D eigenvalue weighted by atomic mass is 16.6. The lowest BCUT2D eigenvalue weighted by Gasteiger charge is -2.69. The van der Waals surface area contributed by atoms with Crippen LogP contribution >= 0.6 is 0 Å². The topological polar surface area (TPSA) is 219 Å². The quantitative estimate of drug-likeness (QED) is 0.0936. The minimum atomic E-state index is -1.61. The molecule has 14 heteroatoms. The van der Waals surface area contributed by atoms with Gasteiger partial charge in [-0.2, -0.15) is 0 Å². The Morgan fingerprint density at radius 3 is 1.56 bits per heavy atom. The Labute approximate surface area is 443 Å². The van der Waals surface area contributed by atoms with E-state index < -0.39 is 122 Å². The van der Waals surface area contributed by atoms with Crippen molar-refractivity contribution in [2.45, 2.75) is 188 Å². The van der Waals surface area contributed by atoms with Crippen LogP contribution in [0, 0.1) is 62.6 Å². The van der Waals surface area contributed by atoms with Gasteiger partial charge < -0.3 is 54.3 Å². The highest BCUT2D eigenvalue weighted by molar-refractivity contribution is 5.90. The van der Waals surface area contributed by atoms with Crippen LogP contribution in [0.5, 0.6) is 0 Å². The van der Waals surface area contributed by atoms with Crippen LogP contribution in [-0.2, 0) is 28.5 Å². The van der Waals surface area contributed by atoms with Gasteiger partial charge in [0.2, 0.25) is 0 Å². The molecule has 6 aliphatic carbocycles. The van der Waals surface area contributed by atoms with E-state index in [0.717, 1.165) is 22.3 Å². The van der Waals surface area contributed by atoms with E-state index in [9.17, 15) is 45.0 Å². The predicted molar refractivity (Wildman–Crippen MR) is 279 cm³/mol. The third-order valence-electron chi connectivity index (χ3n) is 21.7. The molecule has 75 heavy (non-hydrogen) atoms. The average Bonchev–Trinajstić information content (AvgIpc) is 3.60. The molecule has 20 atom stereocenters. The van der Waals surface area contributed by atoms with Gasteiger partial charge in [0.15, 0.2) is 5.60 Å². The van der Waals surface area contributed by atoms with Crippen molar-refractivity contribution in [1.82, 2.24) is 0 Å². The molecule has 0 radical (unpaired) electrons. The van der Waals surface area contributed by atoms with Gasteiger partial charge in [-0.25, -0.2) is 9.59 Å². The summed E-state index contributed by atoms with van der Waals surface area (Å²) in [5.41, 5.74) is -3.88. The van der Waals surface area contributed by atoms with Gasteiger partial charge in [0.05, 0.1) is 71.8 Å². The SMILES string of the molecule is CC(=O)O[C@@]12CO[C@@H]1C[C@H](O)[C@]1(C)[C@@H]2[C@H](OC(=O)c2ccccc2)[C@]2(O)C[C@H](C)C(C)=C([C@@H](C)[C@@H]1O)C2(C)C.CC1=C2[C@@H](C)[C@H](O)[C@@]3(C)[C@H]([C@H](OC(=O)c4ccccc4)[C@]2(C(C)(C)O)C[C@@H]1C)[C@]1(C)CO[C@@H]1C[C@@H]3O. The maximum atomic E-state index is 13.7. The summed E-state index contributed by atoms with van der Waals surface area (Å²) in [5.74, 6) is -3.70. The molecule has 2 heterocycles. The van der Waals surface area contributed by atoms with Gasteiger partial charge in [-0.1, -0.05) is 121 Å². The molecular weight excluding hydrogens is 957 g/mol. The van der Waals surface area contributed by atoms with Crippen LogP contribution in [0.4, 0.5) is 0 Å². The Morgan fingerprint density at radius 2 is 1.09 bits per heavy atom. The van der Waals surface area contributed by atoms with Crippen molar-refractivity contribution in [2.75, 3.05) is 13.2 Å². The summed E-state index contributed by atoms with van der Waals surface area (Å²) in [6.07, 6.45) is -5.31. The number of carbonyl (C=O) groups is 3. The van der Waals surface area contributed by atoms with E-state index in [1.165, 1.54) is 6.92 Å². The van der Waals surface area contributed by atoms with Gasteiger partial charge in [-0.15, -0.1) is 0 Å². The van der Waals surface area contributed by atoms with Gasteiger partial charge in [-0.3, -0.25) is 4.79 Å². The molecule has 10 rings (SSSR count). The summed E-state index contributed by atoms with van der Waals surface area (Å²) >= 11 is 0. The normalized spacial score (nSPS) is 45.4. The molecule has 2 aromatic carbocycles. The van der Waals surface area contributed by atoms with Gasteiger partial charge >= 0.3 is 17.9 Å². The second-order valence-electron chi connectivity index (χ2n) is 26.2. The maximum Gasteiger partial charge on any atom is 0.338 e. The van der Waals surface area contributed by atoms with E-state index in [4.69, 9.17) is 23.7 Å². The summed E-state index contributed by atoms with van der Waals surface area (Å²) in [4.78, 5) is 39.9. The first-order valence-electron chi connectivity index (χ1n) is 27.4. The van der Waals surface area contributed by atoms with E-state index >= 15 is 0 Å². The smallest absolute Gasteiger partial charge is 0.338 e. The maximum absolute atomic E-state index is 13.7. The lowest BCUT2D eigenvalue weighted by Crippen LogP contribution is -2.81. The number of aliphatic hydroxyl groups excluding tert-OH is 4. The first-order chi connectivity index (χ1) is 34.8. The molecule has 0 unspecified atom stereocenters. The lowest BCUT2D eigenvalue weighted by atomic mass is 9.43. The molecule has 2 saturated heterocycles. The fourth-order valence-electron chi connectivity index (χ4n) is 17.4. The number of hydrogen-bond donors (Lipinski definition) is 6. The van der Waals surface area contributed by atoms with Crippen molar-refractivity contribution in [3.8, 4) is 0 Å². The first-order valence-corrected chi connectivity index (χ1v) is 27.4. The van der Waals surface area contributed by atoms with Crippen molar-refractivity contribution < 1.29 is 68.7 Å². The molecule has 2 bridgehead atoms. The van der Waals surface area contributed by atoms with Gasteiger partial charge in [-0.05, 0) is 76.6 Å². The lowest BCUT2D eigenvalue weighted by molar-refractivity contribution is -0.363. The first kappa shape index (κ1) is 55.8. The molecule has 2 aliphatic heterocycles. The Bertz CT molecular complexity index is 2620. The number of carbonyl (C=O) groups excluding carboxylic acids is 3. The molecule has 4 saturated carbocycles. The molecule has 0 aromatic heterocycles. The second kappa shape index (κ2) is 18.6. The molecule has 6 fully saturated rings. The Balaban J connectivity index is 0.000000184. The zero-order valence-electron chi connectivity index (χ0n) is 46.5. The number of ether oxygens (including phenoxy) is 5. The van der Waals surface area contributed by atoms with Crippen molar-refractivity contribution >= 4 is 17.9 Å². The summed E-state index contributed by atoms with van der Waals surface area (Å²) in [6, 6.07) is 17.5. The largest absolute Gasteiger partial charge is 0.457 e. The van der Waals surface area contributed by atoms with Crippen LogP contribution in [0.3, 0.4) is 0 Å². The van der Waals surface area contributed by atoms with Gasteiger partial charge in [0.25, 0.3) is 0 Å². The minimum absolute atomic E-state index is 0.0124. The third kappa shape index (κ3) is 7.70. The molecule has 0 amide bonds. The van der Waals surface area contributed by atoms with E-state index in [0.29, 0.717) is 30.6 Å². The number of benzene rings is 2. The number of fused-ring (bicyclic) bond motifs is 9. The zero-order valence-corrected chi connectivity index (χ0v) is 46.5.